The van der Waals surface area contributed by atoms with Crippen LogP contribution in [0.1, 0.15) is 66.7 Å². The number of hydrogen-bond donors (Lipinski definition) is 7. The number of rotatable bonds is 20. The van der Waals surface area contributed by atoms with Crippen molar-refractivity contribution in [1.82, 2.24) is 16.0 Å². The second-order valence-electron chi connectivity index (χ2n) is 10.2. The molecule has 0 spiro atoms. The SMILES string of the molecule is CCC[C@H](NC)C(=O)C(C)(O)C(=O)CC(O)(C(=O)[C@H](C)NC)C(=O)C(O)(CC(=O)[C@@H](NC)[C@H](C)CC)C(=O)O. The Morgan fingerprint density at radius 2 is 1.33 bits per heavy atom. The highest BCUT2D eigenvalue weighted by Gasteiger charge is 2.61. The lowest BCUT2D eigenvalue weighted by atomic mass is 9.72. The van der Waals surface area contributed by atoms with E-state index < -0.39 is 82.7 Å². The molecule has 7 atom stereocenters. The van der Waals surface area contributed by atoms with E-state index >= 15 is 0 Å². The van der Waals surface area contributed by atoms with Gasteiger partial charge in [0.05, 0.1) is 31.0 Å². The third kappa shape index (κ3) is 8.05. The Morgan fingerprint density at radius 3 is 1.72 bits per heavy atom. The van der Waals surface area contributed by atoms with Crippen molar-refractivity contribution in [3.63, 3.8) is 0 Å². The summed E-state index contributed by atoms with van der Waals surface area (Å²) in [6, 6.07) is -3.28. The van der Waals surface area contributed by atoms with E-state index in [9.17, 15) is 49.2 Å². The van der Waals surface area contributed by atoms with Gasteiger partial charge >= 0.3 is 5.97 Å². The first-order valence-corrected chi connectivity index (χ1v) is 13.0. The van der Waals surface area contributed by atoms with Crippen LogP contribution in [0.5, 0.6) is 0 Å². The summed E-state index contributed by atoms with van der Waals surface area (Å²) in [5.41, 5.74) is -9.91. The molecular weight excluding hydrogens is 514 g/mol. The summed E-state index contributed by atoms with van der Waals surface area (Å²) in [6.07, 6.45) is -1.61. The summed E-state index contributed by atoms with van der Waals surface area (Å²) in [7, 11) is 4.14. The standard InChI is InChI=1S/C26H45N3O10/c1-9-11-16(28-7)21(33)24(5,37)18(31)13-25(38,20(32)15(4)27-6)22(34)26(39,23(35)36)12-17(30)19(29-8)14(3)10-2/h14-16,19,27-29,37-39H,9-13H2,1-8H3,(H,35,36)/t14-,15+,16+,19+,24?,25?,26?/m1/s1. The van der Waals surface area contributed by atoms with Gasteiger partial charge in [-0.25, -0.2) is 4.79 Å². The molecule has 0 aliphatic heterocycles. The lowest BCUT2D eigenvalue weighted by molar-refractivity contribution is -0.181. The van der Waals surface area contributed by atoms with Gasteiger partial charge in [0.1, 0.15) is 0 Å². The molecule has 0 aromatic heterocycles. The molecule has 0 amide bonds. The first kappa shape index (κ1) is 36.6. The molecule has 0 saturated carbocycles. The Morgan fingerprint density at radius 1 is 0.795 bits per heavy atom. The van der Waals surface area contributed by atoms with E-state index in [2.05, 4.69) is 16.0 Å². The van der Waals surface area contributed by atoms with Crippen LogP contribution >= 0.6 is 0 Å². The van der Waals surface area contributed by atoms with Crippen LogP contribution in [-0.2, 0) is 28.8 Å². The topological polar surface area (TPSA) is 219 Å². The van der Waals surface area contributed by atoms with Gasteiger partial charge in [0.15, 0.2) is 34.3 Å². The number of ketones is 5. The molecule has 0 rings (SSSR count). The molecular formula is C26H45N3O10. The van der Waals surface area contributed by atoms with E-state index in [1.165, 1.54) is 28.1 Å². The van der Waals surface area contributed by atoms with Crippen molar-refractivity contribution in [3.8, 4) is 0 Å². The Bertz CT molecular complexity index is 937. The van der Waals surface area contributed by atoms with Gasteiger partial charge in [0.25, 0.3) is 0 Å². The second kappa shape index (κ2) is 14.8. The van der Waals surface area contributed by atoms with Crippen LogP contribution in [0, 0.1) is 5.92 Å². The van der Waals surface area contributed by atoms with Gasteiger partial charge in [-0.1, -0.05) is 33.6 Å². The average molecular weight is 560 g/mol. The minimum atomic E-state index is -3.61. The average Bonchev–Trinajstić information content (AvgIpc) is 2.89. The van der Waals surface area contributed by atoms with Crippen molar-refractivity contribution in [1.29, 1.82) is 0 Å². The molecule has 0 bridgehead atoms. The van der Waals surface area contributed by atoms with Gasteiger partial charge in [-0.15, -0.1) is 0 Å². The molecule has 224 valence electrons. The Hall–Kier alpha value is -2.42. The quantitative estimate of drug-likeness (QED) is 0.0849. The number of carboxylic acids is 1. The Labute approximate surface area is 229 Å². The van der Waals surface area contributed by atoms with E-state index in [0.717, 1.165) is 6.92 Å². The molecule has 0 radical (unpaired) electrons. The molecule has 0 heterocycles. The van der Waals surface area contributed by atoms with Crippen LogP contribution in [0.25, 0.3) is 0 Å². The molecule has 39 heavy (non-hydrogen) atoms. The van der Waals surface area contributed by atoms with Crippen LogP contribution in [0.15, 0.2) is 0 Å². The van der Waals surface area contributed by atoms with E-state index in [4.69, 9.17) is 0 Å². The summed E-state index contributed by atoms with van der Waals surface area (Å²) >= 11 is 0. The van der Waals surface area contributed by atoms with Crippen LogP contribution < -0.4 is 16.0 Å². The molecule has 0 aromatic carbocycles. The van der Waals surface area contributed by atoms with E-state index in [0.29, 0.717) is 12.8 Å². The van der Waals surface area contributed by atoms with Crippen molar-refractivity contribution in [2.24, 2.45) is 5.92 Å². The molecule has 7 N–H and O–H groups in total. The summed E-state index contributed by atoms with van der Waals surface area (Å²) in [5, 5.41) is 50.8. The minimum absolute atomic E-state index is 0.237. The zero-order valence-corrected chi connectivity index (χ0v) is 24.1. The van der Waals surface area contributed by atoms with Crippen molar-refractivity contribution < 1.29 is 49.2 Å². The Kier molecular flexibility index (Phi) is 13.9. The molecule has 0 aromatic rings. The van der Waals surface area contributed by atoms with Gasteiger partial charge in [0, 0.05) is 0 Å². The summed E-state index contributed by atoms with van der Waals surface area (Å²) in [6.45, 7) is 7.26. The van der Waals surface area contributed by atoms with Crippen LogP contribution in [0.3, 0.4) is 0 Å². The molecule has 0 aliphatic rings. The van der Waals surface area contributed by atoms with E-state index in [1.807, 2.05) is 0 Å². The van der Waals surface area contributed by atoms with Crippen LogP contribution in [0.2, 0.25) is 0 Å². The fourth-order valence-corrected chi connectivity index (χ4v) is 4.30. The third-order valence-electron chi connectivity index (χ3n) is 7.32. The molecule has 3 unspecified atom stereocenters. The van der Waals surface area contributed by atoms with Crippen molar-refractivity contribution >= 4 is 34.9 Å². The lowest BCUT2D eigenvalue weighted by Crippen LogP contribution is -2.66. The van der Waals surface area contributed by atoms with Crippen molar-refractivity contribution in [3.05, 3.63) is 0 Å². The highest BCUT2D eigenvalue weighted by atomic mass is 16.4. The van der Waals surface area contributed by atoms with Gasteiger partial charge in [-0.05, 0) is 47.3 Å². The molecule has 0 aliphatic carbocycles. The first-order chi connectivity index (χ1) is 17.9. The normalized spacial score (nSPS) is 19.4. The third-order valence-corrected chi connectivity index (χ3v) is 7.32. The number of hydrogen-bond acceptors (Lipinski definition) is 12. The van der Waals surface area contributed by atoms with Crippen LogP contribution in [-0.4, -0.2) is 111 Å². The number of Topliss-reactive ketones (excluding diaryl/α,β-unsaturated/α-hetero) is 5. The van der Waals surface area contributed by atoms with E-state index in [-0.39, 0.29) is 12.3 Å². The maximum absolute atomic E-state index is 13.6. The molecule has 0 fully saturated rings. The maximum Gasteiger partial charge on any atom is 0.344 e. The fourth-order valence-electron chi connectivity index (χ4n) is 4.30. The maximum atomic E-state index is 13.6. The number of carbonyl (C=O) groups is 6. The predicted octanol–water partition coefficient (Wildman–Crippen LogP) is -1.46. The molecule has 13 heteroatoms. The highest BCUT2D eigenvalue weighted by molar-refractivity contribution is 6.25. The number of aliphatic carboxylic acids is 1. The Balaban J connectivity index is 6.74. The van der Waals surface area contributed by atoms with E-state index in [1.54, 1.807) is 20.8 Å². The monoisotopic (exact) mass is 559 g/mol. The molecule has 13 nitrogen and oxygen atoms in total. The second-order valence-corrected chi connectivity index (χ2v) is 10.2. The zero-order chi connectivity index (χ0) is 30.9. The number of likely N-dealkylation sites (N-methyl/N-ethyl adjacent to an activating group) is 3. The number of carbonyl (C=O) groups excluding carboxylic acids is 5. The van der Waals surface area contributed by atoms with Crippen molar-refractivity contribution in [2.75, 3.05) is 21.1 Å². The first-order valence-electron chi connectivity index (χ1n) is 13.0. The van der Waals surface area contributed by atoms with Crippen LogP contribution in [0.4, 0.5) is 0 Å². The number of aliphatic hydroxyl groups is 3. The number of nitrogens with one attached hydrogen (secondary N) is 3. The van der Waals surface area contributed by atoms with Gasteiger partial charge < -0.3 is 36.4 Å². The fraction of sp³-hybridized carbons (Fsp3) is 0.769. The van der Waals surface area contributed by atoms with Crippen molar-refractivity contribution in [2.45, 2.75) is 102 Å². The minimum Gasteiger partial charge on any atom is -0.479 e. The lowest BCUT2D eigenvalue weighted by Gasteiger charge is -2.35. The summed E-state index contributed by atoms with van der Waals surface area (Å²) in [4.78, 5) is 78.0. The predicted molar refractivity (Wildman–Crippen MR) is 141 cm³/mol. The zero-order valence-electron chi connectivity index (χ0n) is 24.1. The summed E-state index contributed by atoms with van der Waals surface area (Å²) < 4.78 is 0. The van der Waals surface area contributed by atoms with Gasteiger partial charge in [-0.2, -0.15) is 0 Å². The van der Waals surface area contributed by atoms with Gasteiger partial charge in [0.2, 0.25) is 11.4 Å². The largest absolute Gasteiger partial charge is 0.479 e. The number of carboxylic acid groups (broad SMARTS) is 1. The smallest absolute Gasteiger partial charge is 0.344 e. The highest BCUT2D eigenvalue weighted by Crippen LogP contribution is 2.30. The molecule has 0 saturated heterocycles. The van der Waals surface area contributed by atoms with Gasteiger partial charge in [-0.3, -0.25) is 24.0 Å². The summed E-state index contributed by atoms with van der Waals surface area (Å²) in [5.74, 6) is -9.31.